The molecule has 0 aliphatic carbocycles. The van der Waals surface area contributed by atoms with Gasteiger partial charge in [0, 0.05) is 18.4 Å². The molecular formula is C24H17Cl3F9NO2. The molecule has 3 nitrogen and oxygen atoms in total. The maximum Gasteiger partial charge on any atom is 0.417 e. The van der Waals surface area contributed by atoms with E-state index in [1.54, 1.807) is 0 Å². The number of alkyl halides is 9. The summed E-state index contributed by atoms with van der Waals surface area (Å²) in [7, 11) is 0. The highest BCUT2D eigenvalue weighted by Crippen LogP contribution is 2.41. The maximum absolute atomic E-state index is 13.7. The van der Waals surface area contributed by atoms with E-state index in [1.807, 2.05) is 0 Å². The Morgan fingerprint density at radius 3 is 1.85 bits per heavy atom. The van der Waals surface area contributed by atoms with Crippen molar-refractivity contribution in [3.05, 3.63) is 73.7 Å². The molecular weight excluding hydrogens is 612 g/mol. The van der Waals surface area contributed by atoms with Crippen LogP contribution in [0, 0.1) is 6.92 Å². The van der Waals surface area contributed by atoms with Crippen LogP contribution in [0.5, 0.6) is 0 Å². The van der Waals surface area contributed by atoms with E-state index in [1.165, 1.54) is 25.1 Å². The van der Waals surface area contributed by atoms with Gasteiger partial charge >= 0.3 is 18.5 Å². The van der Waals surface area contributed by atoms with Gasteiger partial charge in [0.25, 0.3) is 0 Å². The quantitative estimate of drug-likeness (QED) is 0.180. The van der Waals surface area contributed by atoms with Crippen molar-refractivity contribution in [3.63, 3.8) is 0 Å². The Bertz CT molecular complexity index is 1220. The molecule has 0 radical (unpaired) electrons. The maximum atomic E-state index is 13.7. The highest BCUT2D eigenvalue weighted by atomic mass is 35.5. The number of aryl methyl sites for hydroxylation is 1. The minimum atomic E-state index is -5.78. The van der Waals surface area contributed by atoms with Gasteiger partial charge in [-0.15, -0.1) is 0 Å². The normalized spacial score (nSPS) is 13.7. The van der Waals surface area contributed by atoms with Gasteiger partial charge in [-0.25, -0.2) is 0 Å². The average Bonchev–Trinajstić information content (AvgIpc) is 2.77. The molecule has 1 unspecified atom stereocenters. The number of carbonyl (C=O) groups excluding carboxylic acids is 2. The van der Waals surface area contributed by atoms with Crippen LogP contribution in [0.2, 0.25) is 15.1 Å². The zero-order valence-corrected chi connectivity index (χ0v) is 21.7. The molecule has 0 spiro atoms. The molecule has 1 amide bonds. The largest absolute Gasteiger partial charge is 0.417 e. The average molecular weight is 629 g/mol. The Morgan fingerprint density at radius 1 is 0.846 bits per heavy atom. The lowest BCUT2D eigenvalue weighted by Crippen LogP contribution is -2.54. The summed E-state index contributed by atoms with van der Waals surface area (Å²) >= 11 is 17.5. The van der Waals surface area contributed by atoms with Crippen LogP contribution >= 0.6 is 34.8 Å². The Morgan fingerprint density at radius 2 is 1.38 bits per heavy atom. The van der Waals surface area contributed by atoms with Gasteiger partial charge in [-0.2, -0.15) is 39.5 Å². The third-order valence-electron chi connectivity index (χ3n) is 5.29. The number of ketones is 1. The van der Waals surface area contributed by atoms with Crippen LogP contribution in [0.1, 0.15) is 45.8 Å². The monoisotopic (exact) mass is 627 g/mol. The lowest BCUT2D eigenvalue weighted by molar-refractivity contribution is -0.257. The molecule has 2 aromatic rings. The number of hydrogen-bond acceptors (Lipinski definition) is 2. The number of rotatable bonds is 8. The second-order valence-electron chi connectivity index (χ2n) is 8.26. The molecule has 0 bridgehead atoms. The van der Waals surface area contributed by atoms with Crippen molar-refractivity contribution in [2.75, 3.05) is 0 Å². The Kier molecular flexibility index (Phi) is 10.4. The predicted molar refractivity (Wildman–Crippen MR) is 128 cm³/mol. The van der Waals surface area contributed by atoms with Gasteiger partial charge in [0.1, 0.15) is 0 Å². The standard InChI is InChI=1S/C24H17Cl3F9NO2/c1-11-8-12(3-5-15(22(28,29)30)13-9-16(25)20(27)17(26)10-13)2-4-14(11)18(38)6-7-19(39)37-21(23(31,32)33)24(34,35)36/h2-5,8-10,15,21H,6-7H2,1H3,(H,37,39)/b5-3+. The summed E-state index contributed by atoms with van der Waals surface area (Å²) in [6.45, 7) is 1.41. The highest BCUT2D eigenvalue weighted by molar-refractivity contribution is 6.48. The van der Waals surface area contributed by atoms with Crippen LogP contribution < -0.4 is 5.32 Å². The summed E-state index contributed by atoms with van der Waals surface area (Å²) in [6.07, 6.45) is -16.0. The van der Waals surface area contributed by atoms with E-state index in [0.29, 0.717) is 0 Å². The Labute approximate surface area is 230 Å². The van der Waals surface area contributed by atoms with E-state index in [4.69, 9.17) is 34.8 Å². The number of halogens is 12. The van der Waals surface area contributed by atoms with Crippen LogP contribution in [0.15, 0.2) is 36.4 Å². The molecule has 0 aliphatic rings. The smallest absolute Gasteiger partial charge is 0.337 e. The van der Waals surface area contributed by atoms with E-state index in [9.17, 15) is 49.1 Å². The fourth-order valence-electron chi connectivity index (χ4n) is 3.42. The van der Waals surface area contributed by atoms with Crippen molar-refractivity contribution in [1.82, 2.24) is 5.32 Å². The molecule has 0 saturated heterocycles. The van der Waals surface area contributed by atoms with E-state index in [0.717, 1.165) is 29.6 Å². The predicted octanol–water partition coefficient (Wildman–Crippen LogP) is 8.89. The van der Waals surface area contributed by atoms with Crippen molar-refractivity contribution >= 4 is 52.6 Å². The first-order chi connectivity index (χ1) is 17.7. The molecule has 15 heteroatoms. The molecule has 0 aliphatic heterocycles. The summed E-state index contributed by atoms with van der Waals surface area (Å²) < 4.78 is 117. The molecule has 2 aromatic carbocycles. The van der Waals surface area contributed by atoms with E-state index < -0.39 is 55.0 Å². The molecule has 1 atom stereocenters. The van der Waals surface area contributed by atoms with Crippen molar-refractivity contribution in [2.24, 2.45) is 0 Å². The number of carbonyl (C=O) groups is 2. The zero-order valence-electron chi connectivity index (χ0n) is 19.5. The van der Waals surface area contributed by atoms with E-state index >= 15 is 0 Å². The molecule has 0 fully saturated rings. The molecule has 0 saturated carbocycles. The van der Waals surface area contributed by atoms with Gasteiger partial charge in [0.2, 0.25) is 11.9 Å². The number of nitrogens with one attached hydrogen (secondary N) is 1. The number of amides is 1. The van der Waals surface area contributed by atoms with E-state index in [-0.39, 0.29) is 37.3 Å². The van der Waals surface area contributed by atoms with Gasteiger partial charge in [0.05, 0.1) is 21.0 Å². The van der Waals surface area contributed by atoms with E-state index in [2.05, 4.69) is 0 Å². The minimum Gasteiger partial charge on any atom is -0.337 e. The summed E-state index contributed by atoms with van der Waals surface area (Å²) in [4.78, 5) is 24.0. The first-order valence-electron chi connectivity index (χ1n) is 10.7. The van der Waals surface area contributed by atoms with Gasteiger partial charge in [-0.1, -0.05) is 65.2 Å². The topological polar surface area (TPSA) is 46.2 Å². The van der Waals surface area contributed by atoms with Gasteiger partial charge in [-0.3, -0.25) is 9.59 Å². The Hall–Kier alpha value is -2.44. The minimum absolute atomic E-state index is 0.0215. The first kappa shape index (κ1) is 32.8. The summed E-state index contributed by atoms with van der Waals surface area (Å²) in [5.74, 6) is -4.53. The summed E-state index contributed by atoms with van der Waals surface area (Å²) in [6, 6.07) is 1.78. The fourth-order valence-corrected chi connectivity index (χ4v) is 4.03. The van der Waals surface area contributed by atoms with Crippen molar-refractivity contribution < 1.29 is 49.1 Å². The van der Waals surface area contributed by atoms with Crippen molar-refractivity contribution in [3.8, 4) is 0 Å². The van der Waals surface area contributed by atoms with Crippen LogP contribution in [-0.2, 0) is 4.79 Å². The van der Waals surface area contributed by atoms with Crippen LogP contribution in [0.25, 0.3) is 6.08 Å². The number of benzene rings is 2. The molecule has 214 valence electrons. The molecule has 1 N–H and O–H groups in total. The molecule has 0 aromatic heterocycles. The lowest BCUT2D eigenvalue weighted by atomic mass is 9.95. The van der Waals surface area contributed by atoms with Gasteiger partial charge in [-0.05, 0) is 35.7 Å². The van der Waals surface area contributed by atoms with Gasteiger partial charge < -0.3 is 5.32 Å². The fraction of sp³-hybridized carbons (Fsp3) is 0.333. The van der Waals surface area contributed by atoms with Crippen molar-refractivity contribution in [2.45, 2.75) is 50.3 Å². The number of Topliss-reactive ketones (excluding diaryl/α,β-unsaturated/α-hetero) is 1. The van der Waals surface area contributed by atoms with Crippen LogP contribution in [0.4, 0.5) is 39.5 Å². The highest BCUT2D eigenvalue weighted by Gasteiger charge is 2.57. The van der Waals surface area contributed by atoms with Gasteiger partial charge in [0.15, 0.2) is 5.78 Å². The number of hydrogen-bond donors (Lipinski definition) is 1. The second-order valence-corrected chi connectivity index (χ2v) is 9.45. The number of allylic oxidation sites excluding steroid dienone is 1. The van der Waals surface area contributed by atoms with Crippen molar-refractivity contribution in [1.29, 1.82) is 0 Å². The second kappa shape index (κ2) is 12.4. The summed E-state index contributed by atoms with van der Waals surface area (Å²) in [5.41, 5.74) is 0.178. The SMILES string of the molecule is Cc1cc(/C=C/C(c2cc(Cl)c(Cl)c(Cl)c2)C(F)(F)F)ccc1C(=O)CCC(=O)NC(C(F)(F)F)C(F)(F)F. The third kappa shape index (κ3) is 9.04. The van der Waals surface area contributed by atoms with Crippen LogP contribution in [0.3, 0.4) is 0 Å². The molecule has 39 heavy (non-hydrogen) atoms. The van der Waals surface area contributed by atoms with Crippen LogP contribution in [-0.4, -0.2) is 36.3 Å². The Balaban J connectivity index is 2.16. The lowest BCUT2D eigenvalue weighted by Gasteiger charge is -2.23. The molecule has 2 rings (SSSR count). The first-order valence-corrected chi connectivity index (χ1v) is 11.8. The zero-order chi connectivity index (χ0) is 29.9. The third-order valence-corrected chi connectivity index (χ3v) is 6.49. The molecule has 0 heterocycles. The summed E-state index contributed by atoms with van der Waals surface area (Å²) in [5, 5.41) is 0.356.